The van der Waals surface area contributed by atoms with E-state index in [1.807, 2.05) is 36.4 Å². The first-order valence-electron chi connectivity index (χ1n) is 6.06. The molecule has 2 rings (SSSR count). The molecule has 1 aromatic carbocycles. The quantitative estimate of drug-likeness (QED) is 0.599. The number of carbonyl (C=O) groups is 1. The van der Waals surface area contributed by atoms with Crippen LogP contribution >= 0.6 is 27.7 Å². The van der Waals surface area contributed by atoms with Crippen molar-refractivity contribution in [3.05, 3.63) is 58.2 Å². The lowest BCUT2D eigenvalue weighted by atomic mass is 10.1. The fourth-order valence-corrected chi connectivity index (χ4v) is 3.00. The SMILES string of the molecule is CCc1ccc(C(=O)CSc2ncccc2Br)cc1. The predicted octanol–water partition coefficient (Wildman–Crippen LogP) is 4.38. The van der Waals surface area contributed by atoms with E-state index in [1.54, 1.807) is 6.20 Å². The molecule has 0 unspecified atom stereocenters. The largest absolute Gasteiger partial charge is 0.293 e. The minimum Gasteiger partial charge on any atom is -0.293 e. The predicted molar refractivity (Wildman–Crippen MR) is 82.8 cm³/mol. The van der Waals surface area contributed by atoms with Gasteiger partial charge in [0.25, 0.3) is 0 Å². The number of rotatable bonds is 5. The Labute approximate surface area is 125 Å². The van der Waals surface area contributed by atoms with Crippen LogP contribution in [0.2, 0.25) is 0 Å². The van der Waals surface area contributed by atoms with Crippen molar-refractivity contribution < 1.29 is 4.79 Å². The highest BCUT2D eigenvalue weighted by atomic mass is 79.9. The molecule has 1 aromatic heterocycles. The van der Waals surface area contributed by atoms with Crippen LogP contribution in [0.3, 0.4) is 0 Å². The first kappa shape index (κ1) is 14.3. The van der Waals surface area contributed by atoms with Crippen LogP contribution < -0.4 is 0 Å². The molecule has 0 aliphatic rings. The van der Waals surface area contributed by atoms with Crippen LogP contribution in [0.5, 0.6) is 0 Å². The molecule has 0 atom stereocenters. The number of pyridine rings is 1. The second-order valence-electron chi connectivity index (χ2n) is 4.05. The van der Waals surface area contributed by atoms with Crippen molar-refractivity contribution in [3.8, 4) is 0 Å². The molecule has 0 amide bonds. The van der Waals surface area contributed by atoms with Crippen LogP contribution in [-0.4, -0.2) is 16.5 Å². The highest BCUT2D eigenvalue weighted by Crippen LogP contribution is 2.25. The molecule has 1 heterocycles. The van der Waals surface area contributed by atoms with Gasteiger partial charge in [0, 0.05) is 16.2 Å². The summed E-state index contributed by atoms with van der Waals surface area (Å²) in [6.07, 6.45) is 2.72. The first-order valence-corrected chi connectivity index (χ1v) is 7.84. The van der Waals surface area contributed by atoms with E-state index in [4.69, 9.17) is 0 Å². The molecule has 0 N–H and O–H groups in total. The minimum absolute atomic E-state index is 0.130. The van der Waals surface area contributed by atoms with Crippen LogP contribution in [0.15, 0.2) is 52.1 Å². The van der Waals surface area contributed by atoms with Crippen molar-refractivity contribution in [2.75, 3.05) is 5.75 Å². The first-order chi connectivity index (χ1) is 9.20. The Morgan fingerprint density at radius 1 is 1.26 bits per heavy atom. The lowest BCUT2D eigenvalue weighted by molar-refractivity contribution is 0.102. The molecule has 0 bridgehead atoms. The maximum atomic E-state index is 12.1. The lowest BCUT2D eigenvalue weighted by Gasteiger charge is -2.03. The van der Waals surface area contributed by atoms with Crippen molar-refractivity contribution in [3.63, 3.8) is 0 Å². The van der Waals surface area contributed by atoms with E-state index in [9.17, 15) is 4.79 Å². The summed E-state index contributed by atoms with van der Waals surface area (Å²) in [5, 5.41) is 0.848. The van der Waals surface area contributed by atoms with Crippen molar-refractivity contribution in [1.29, 1.82) is 0 Å². The summed E-state index contributed by atoms with van der Waals surface area (Å²) >= 11 is 4.88. The minimum atomic E-state index is 0.130. The standard InChI is InChI=1S/C15H14BrNOS/c1-2-11-5-7-12(8-6-11)14(18)10-19-15-13(16)4-3-9-17-15/h3-9H,2,10H2,1H3. The van der Waals surface area contributed by atoms with Gasteiger partial charge in [0.15, 0.2) is 5.78 Å². The number of aryl methyl sites for hydroxylation is 1. The molecule has 0 radical (unpaired) electrons. The fourth-order valence-electron chi connectivity index (χ4n) is 1.62. The molecule has 0 saturated carbocycles. The van der Waals surface area contributed by atoms with E-state index < -0.39 is 0 Å². The summed E-state index contributed by atoms with van der Waals surface area (Å²) in [5.74, 6) is 0.534. The van der Waals surface area contributed by atoms with Crippen molar-refractivity contribution in [2.45, 2.75) is 18.4 Å². The second-order valence-corrected chi connectivity index (χ2v) is 5.87. The molecule has 0 fully saturated rings. The number of thioether (sulfide) groups is 1. The summed E-state index contributed by atoms with van der Waals surface area (Å²) in [7, 11) is 0. The molecule has 0 aliphatic heterocycles. The van der Waals surface area contributed by atoms with E-state index in [0.717, 1.165) is 21.5 Å². The molecule has 0 aliphatic carbocycles. The van der Waals surface area contributed by atoms with Gasteiger partial charge in [0.1, 0.15) is 5.03 Å². The van der Waals surface area contributed by atoms with Crippen LogP contribution in [0.1, 0.15) is 22.8 Å². The Bertz CT molecular complexity index is 569. The van der Waals surface area contributed by atoms with E-state index in [1.165, 1.54) is 17.3 Å². The van der Waals surface area contributed by atoms with Crippen molar-refractivity contribution in [1.82, 2.24) is 4.98 Å². The molecule has 98 valence electrons. The molecule has 4 heteroatoms. The number of hydrogen-bond acceptors (Lipinski definition) is 3. The number of nitrogens with zero attached hydrogens (tertiary/aromatic N) is 1. The van der Waals surface area contributed by atoms with Crippen molar-refractivity contribution >= 4 is 33.5 Å². The van der Waals surface area contributed by atoms with Gasteiger partial charge in [-0.1, -0.05) is 43.0 Å². The Kier molecular flexibility index (Phi) is 5.16. The Morgan fingerprint density at radius 3 is 2.63 bits per heavy atom. The monoisotopic (exact) mass is 335 g/mol. The zero-order chi connectivity index (χ0) is 13.7. The number of ketones is 1. The third-order valence-electron chi connectivity index (χ3n) is 2.75. The Morgan fingerprint density at radius 2 is 2.00 bits per heavy atom. The maximum absolute atomic E-state index is 12.1. The molecule has 2 nitrogen and oxygen atoms in total. The third kappa shape index (κ3) is 3.91. The number of aromatic nitrogens is 1. The zero-order valence-electron chi connectivity index (χ0n) is 10.6. The summed E-state index contributed by atoms with van der Waals surface area (Å²) in [6, 6.07) is 11.6. The average molecular weight is 336 g/mol. The van der Waals surface area contributed by atoms with E-state index in [-0.39, 0.29) is 5.78 Å². The van der Waals surface area contributed by atoms with E-state index >= 15 is 0 Å². The van der Waals surface area contributed by atoms with E-state index in [0.29, 0.717) is 5.75 Å². The molecule has 19 heavy (non-hydrogen) atoms. The van der Waals surface area contributed by atoms with Gasteiger partial charge in [0.05, 0.1) is 5.75 Å². The highest BCUT2D eigenvalue weighted by Gasteiger charge is 2.08. The third-order valence-corrected chi connectivity index (χ3v) is 4.66. The van der Waals surface area contributed by atoms with Gasteiger partial charge < -0.3 is 0 Å². The highest BCUT2D eigenvalue weighted by molar-refractivity contribution is 9.10. The van der Waals surface area contributed by atoms with E-state index in [2.05, 4.69) is 27.8 Å². The van der Waals surface area contributed by atoms with Gasteiger partial charge in [-0.25, -0.2) is 4.98 Å². The number of benzene rings is 1. The summed E-state index contributed by atoms with van der Waals surface area (Å²) in [5.41, 5.74) is 2.01. The number of Topliss-reactive ketones (excluding diaryl/α,β-unsaturated/α-hetero) is 1. The van der Waals surface area contributed by atoms with Gasteiger partial charge >= 0.3 is 0 Å². The smallest absolute Gasteiger partial charge is 0.173 e. The van der Waals surface area contributed by atoms with Crippen LogP contribution in [-0.2, 0) is 6.42 Å². The average Bonchev–Trinajstić information content (AvgIpc) is 2.46. The Hall–Kier alpha value is -1.13. The number of carbonyl (C=O) groups excluding carboxylic acids is 1. The van der Waals surface area contributed by atoms with Gasteiger partial charge in [-0.2, -0.15) is 0 Å². The van der Waals surface area contributed by atoms with Crippen molar-refractivity contribution in [2.24, 2.45) is 0 Å². The van der Waals surface area contributed by atoms with Crippen LogP contribution in [0.25, 0.3) is 0 Å². The molecule has 0 saturated heterocycles. The van der Waals surface area contributed by atoms with Gasteiger partial charge in [0.2, 0.25) is 0 Å². The Balaban J connectivity index is 1.99. The summed E-state index contributed by atoms with van der Waals surface area (Å²) < 4.78 is 0.925. The normalized spacial score (nSPS) is 10.4. The molecule has 0 spiro atoms. The second kappa shape index (κ2) is 6.87. The van der Waals surface area contributed by atoms with Gasteiger partial charge in [-0.3, -0.25) is 4.79 Å². The molecular formula is C15H14BrNOS. The number of halogens is 1. The molecular weight excluding hydrogens is 322 g/mol. The maximum Gasteiger partial charge on any atom is 0.173 e. The van der Waals surface area contributed by atoms with Gasteiger partial charge in [-0.05, 0) is 40.0 Å². The fraction of sp³-hybridized carbons (Fsp3) is 0.200. The van der Waals surface area contributed by atoms with Crippen LogP contribution in [0.4, 0.5) is 0 Å². The summed E-state index contributed by atoms with van der Waals surface area (Å²) in [6.45, 7) is 2.10. The zero-order valence-corrected chi connectivity index (χ0v) is 13.0. The molecule has 2 aromatic rings. The lowest BCUT2D eigenvalue weighted by Crippen LogP contribution is -2.02. The van der Waals surface area contributed by atoms with Gasteiger partial charge in [-0.15, -0.1) is 0 Å². The topological polar surface area (TPSA) is 30.0 Å². The summed E-state index contributed by atoms with van der Waals surface area (Å²) in [4.78, 5) is 16.3. The van der Waals surface area contributed by atoms with Crippen LogP contribution in [0, 0.1) is 0 Å². The number of hydrogen-bond donors (Lipinski definition) is 0.